The van der Waals surface area contributed by atoms with Gasteiger partial charge in [0.1, 0.15) is 5.75 Å². The average molecular weight is 400 g/mol. The van der Waals surface area contributed by atoms with E-state index in [1.165, 1.54) is 18.3 Å². The third-order valence-electron chi connectivity index (χ3n) is 5.19. The van der Waals surface area contributed by atoms with E-state index in [2.05, 4.69) is 0 Å². The number of hydrogen-bond donors (Lipinski definition) is 0. The summed E-state index contributed by atoms with van der Waals surface area (Å²) < 4.78 is 28.9. The van der Waals surface area contributed by atoms with Gasteiger partial charge in [-0.3, -0.25) is 14.5 Å². The number of amides is 1. The van der Waals surface area contributed by atoms with E-state index in [1.54, 1.807) is 36.4 Å². The molecule has 0 radical (unpaired) electrons. The van der Waals surface area contributed by atoms with Crippen LogP contribution in [0.25, 0.3) is 0 Å². The van der Waals surface area contributed by atoms with E-state index in [0.717, 1.165) is 24.1 Å². The highest BCUT2D eigenvalue weighted by atomic mass is 32.2. The SMILES string of the molecule is COc1ccc2c(c1)N(CN1CCCc3cc(S(C)(=O)=O)ccc31)C(=O)C2=O. The third-order valence-corrected chi connectivity index (χ3v) is 6.30. The normalized spacial score (nSPS) is 16.2. The molecular formula is C20H20N2O5S. The van der Waals surface area contributed by atoms with Gasteiger partial charge in [0.05, 0.1) is 29.9 Å². The van der Waals surface area contributed by atoms with Crippen molar-refractivity contribution in [2.45, 2.75) is 17.7 Å². The van der Waals surface area contributed by atoms with Crippen molar-refractivity contribution in [1.82, 2.24) is 0 Å². The zero-order chi connectivity index (χ0) is 20.1. The van der Waals surface area contributed by atoms with E-state index in [0.29, 0.717) is 23.5 Å². The average Bonchev–Trinajstić information content (AvgIpc) is 2.91. The highest BCUT2D eigenvalue weighted by Gasteiger charge is 2.37. The van der Waals surface area contributed by atoms with E-state index in [9.17, 15) is 18.0 Å². The molecule has 28 heavy (non-hydrogen) atoms. The number of fused-ring (bicyclic) bond motifs is 2. The molecule has 7 nitrogen and oxygen atoms in total. The van der Waals surface area contributed by atoms with Crippen LogP contribution in [0.4, 0.5) is 11.4 Å². The molecule has 4 rings (SSSR count). The number of aryl methyl sites for hydroxylation is 1. The molecule has 0 saturated heterocycles. The van der Waals surface area contributed by atoms with Gasteiger partial charge in [0.15, 0.2) is 9.84 Å². The molecule has 0 fully saturated rings. The smallest absolute Gasteiger partial charge is 0.300 e. The van der Waals surface area contributed by atoms with E-state index >= 15 is 0 Å². The van der Waals surface area contributed by atoms with Crippen molar-refractivity contribution in [3.8, 4) is 5.75 Å². The number of methoxy groups -OCH3 is 1. The molecule has 2 aliphatic rings. The number of benzene rings is 2. The first-order valence-corrected chi connectivity index (χ1v) is 10.8. The highest BCUT2D eigenvalue weighted by Crippen LogP contribution is 2.35. The van der Waals surface area contributed by atoms with Crippen LogP contribution in [0.2, 0.25) is 0 Å². The maximum absolute atomic E-state index is 12.6. The zero-order valence-electron chi connectivity index (χ0n) is 15.6. The molecule has 0 bridgehead atoms. The summed E-state index contributed by atoms with van der Waals surface area (Å²) in [5.74, 6) is -0.520. The minimum absolute atomic E-state index is 0.218. The van der Waals surface area contributed by atoms with Crippen LogP contribution < -0.4 is 14.5 Å². The van der Waals surface area contributed by atoms with Gasteiger partial charge in [-0.1, -0.05) is 0 Å². The van der Waals surface area contributed by atoms with E-state index in [1.807, 2.05) is 4.90 Å². The van der Waals surface area contributed by atoms with Crippen molar-refractivity contribution in [1.29, 1.82) is 0 Å². The third kappa shape index (κ3) is 3.03. The number of ether oxygens (including phenoxy) is 1. The fourth-order valence-electron chi connectivity index (χ4n) is 3.74. The number of carbonyl (C=O) groups excluding carboxylic acids is 2. The number of ketones is 1. The van der Waals surface area contributed by atoms with Gasteiger partial charge in [-0.25, -0.2) is 8.42 Å². The number of Topliss-reactive ketones (excluding diaryl/α,β-unsaturated/α-hetero) is 1. The van der Waals surface area contributed by atoms with E-state index in [-0.39, 0.29) is 11.6 Å². The lowest BCUT2D eigenvalue weighted by Crippen LogP contribution is -2.43. The van der Waals surface area contributed by atoms with Gasteiger partial charge in [-0.15, -0.1) is 0 Å². The fraction of sp³-hybridized carbons (Fsp3) is 0.300. The Morgan fingerprint density at radius 1 is 1.07 bits per heavy atom. The molecule has 8 heteroatoms. The van der Waals surface area contributed by atoms with Crippen molar-refractivity contribution in [3.05, 3.63) is 47.5 Å². The lowest BCUT2D eigenvalue weighted by molar-refractivity contribution is -0.114. The Labute approximate surface area is 163 Å². The summed E-state index contributed by atoms with van der Waals surface area (Å²) in [5.41, 5.74) is 2.72. The number of anilines is 2. The molecule has 0 N–H and O–H groups in total. The maximum Gasteiger partial charge on any atom is 0.300 e. The second-order valence-corrected chi connectivity index (χ2v) is 9.03. The van der Waals surface area contributed by atoms with Gasteiger partial charge in [-0.2, -0.15) is 0 Å². The Morgan fingerprint density at radius 3 is 2.57 bits per heavy atom. The molecule has 0 saturated carbocycles. The number of sulfone groups is 1. The topological polar surface area (TPSA) is 84.0 Å². The molecule has 1 amide bonds. The zero-order valence-corrected chi connectivity index (χ0v) is 16.5. The first-order valence-electron chi connectivity index (χ1n) is 8.92. The summed E-state index contributed by atoms with van der Waals surface area (Å²) in [6.45, 7) is 0.929. The van der Waals surface area contributed by atoms with E-state index in [4.69, 9.17) is 4.74 Å². The second-order valence-electron chi connectivity index (χ2n) is 7.02. The van der Waals surface area contributed by atoms with Crippen molar-refractivity contribution in [2.75, 3.05) is 36.4 Å². The number of rotatable bonds is 4. The standard InChI is InChI=1S/C20H20N2O5S/c1-27-14-5-7-16-18(11-14)22(20(24)19(16)23)12-21-9-3-4-13-10-15(28(2,25)26)6-8-17(13)21/h5-8,10-11H,3-4,9,12H2,1-2H3. The minimum atomic E-state index is -3.28. The minimum Gasteiger partial charge on any atom is -0.497 e. The maximum atomic E-state index is 12.6. The molecule has 0 unspecified atom stereocenters. The van der Waals surface area contributed by atoms with Gasteiger partial charge in [0.25, 0.3) is 5.78 Å². The summed E-state index contributed by atoms with van der Waals surface area (Å²) >= 11 is 0. The number of nitrogens with zero attached hydrogens (tertiary/aromatic N) is 2. The van der Waals surface area contributed by atoms with Crippen molar-refractivity contribution >= 4 is 32.9 Å². The van der Waals surface area contributed by atoms with Crippen LogP contribution in [0, 0.1) is 0 Å². The quantitative estimate of drug-likeness (QED) is 0.731. The molecule has 0 aromatic heterocycles. The van der Waals surface area contributed by atoms with Crippen LogP contribution in [0.5, 0.6) is 5.75 Å². The molecular weight excluding hydrogens is 380 g/mol. The second kappa shape index (κ2) is 6.63. The van der Waals surface area contributed by atoms with Crippen molar-refractivity contribution in [2.24, 2.45) is 0 Å². The molecule has 2 aliphatic heterocycles. The summed E-state index contributed by atoms with van der Waals surface area (Å²) in [6, 6.07) is 10.0. The predicted octanol–water partition coefficient (Wildman–Crippen LogP) is 2.04. The Kier molecular flexibility index (Phi) is 4.38. The van der Waals surface area contributed by atoms with Crippen LogP contribution in [0.15, 0.2) is 41.3 Å². The molecule has 0 spiro atoms. The van der Waals surface area contributed by atoms with Gasteiger partial charge in [0.2, 0.25) is 0 Å². The van der Waals surface area contributed by atoms with Gasteiger partial charge in [0, 0.05) is 24.6 Å². The Bertz CT molecular complexity index is 1090. The van der Waals surface area contributed by atoms with Crippen LogP contribution in [-0.2, 0) is 21.1 Å². The van der Waals surface area contributed by atoms with Crippen LogP contribution in [0.1, 0.15) is 22.3 Å². The lowest BCUT2D eigenvalue weighted by Gasteiger charge is -2.34. The van der Waals surface area contributed by atoms with E-state index < -0.39 is 21.5 Å². The van der Waals surface area contributed by atoms with Crippen molar-refractivity contribution < 1.29 is 22.7 Å². The molecule has 2 aromatic carbocycles. The monoisotopic (exact) mass is 400 g/mol. The molecule has 146 valence electrons. The number of carbonyl (C=O) groups is 2. The lowest BCUT2D eigenvalue weighted by atomic mass is 10.0. The summed E-state index contributed by atoms with van der Waals surface area (Å²) in [4.78, 5) is 28.6. The first kappa shape index (κ1) is 18.5. The Morgan fingerprint density at radius 2 is 1.86 bits per heavy atom. The Hall–Kier alpha value is -2.87. The van der Waals surface area contributed by atoms with Crippen LogP contribution in [-0.4, -0.2) is 46.7 Å². The first-order chi connectivity index (χ1) is 13.3. The summed E-state index contributed by atoms with van der Waals surface area (Å²) in [5, 5.41) is 0. The highest BCUT2D eigenvalue weighted by molar-refractivity contribution is 7.90. The number of hydrogen-bond acceptors (Lipinski definition) is 6. The molecule has 2 aromatic rings. The largest absolute Gasteiger partial charge is 0.497 e. The molecule has 0 aliphatic carbocycles. The summed E-state index contributed by atoms with van der Waals surface area (Å²) in [7, 11) is -1.75. The van der Waals surface area contributed by atoms with Crippen LogP contribution >= 0.6 is 0 Å². The fourth-order valence-corrected chi connectivity index (χ4v) is 4.41. The molecule has 0 atom stereocenters. The van der Waals surface area contributed by atoms with Crippen LogP contribution in [0.3, 0.4) is 0 Å². The van der Waals surface area contributed by atoms with Gasteiger partial charge >= 0.3 is 5.91 Å². The predicted molar refractivity (Wildman–Crippen MR) is 105 cm³/mol. The van der Waals surface area contributed by atoms with Gasteiger partial charge < -0.3 is 9.64 Å². The summed E-state index contributed by atoms with van der Waals surface area (Å²) in [6.07, 6.45) is 2.79. The Balaban J connectivity index is 1.68. The molecule has 2 heterocycles. The van der Waals surface area contributed by atoms with Crippen molar-refractivity contribution in [3.63, 3.8) is 0 Å². The van der Waals surface area contributed by atoms with Gasteiger partial charge in [-0.05, 0) is 48.7 Å².